The zero-order valence-corrected chi connectivity index (χ0v) is 15.9. The van der Waals surface area contributed by atoms with Gasteiger partial charge in [0, 0.05) is 44.6 Å². The van der Waals surface area contributed by atoms with Crippen molar-refractivity contribution in [1.29, 1.82) is 0 Å². The molecule has 0 spiro atoms. The summed E-state index contributed by atoms with van der Waals surface area (Å²) in [5.74, 6) is 0.355. The normalized spacial score (nSPS) is 13.8. The van der Waals surface area contributed by atoms with E-state index in [-0.39, 0.29) is 12.5 Å². The number of nitrogens with zero attached hydrogens (tertiary/aromatic N) is 3. The molecule has 6 nitrogen and oxygen atoms in total. The molecule has 1 N–H and O–H groups in total. The van der Waals surface area contributed by atoms with E-state index in [4.69, 9.17) is 4.74 Å². The third-order valence-corrected chi connectivity index (χ3v) is 4.47. The second-order valence-electron chi connectivity index (χ2n) is 6.76. The summed E-state index contributed by atoms with van der Waals surface area (Å²) < 4.78 is 5.52. The molecular formula is C21H26N4O2. The van der Waals surface area contributed by atoms with Gasteiger partial charge >= 0.3 is 0 Å². The fourth-order valence-corrected chi connectivity index (χ4v) is 2.96. The summed E-state index contributed by atoms with van der Waals surface area (Å²) in [5, 5.41) is 4.00. The van der Waals surface area contributed by atoms with Crippen molar-refractivity contribution in [2.75, 3.05) is 43.6 Å². The molecule has 0 aromatic heterocycles. The van der Waals surface area contributed by atoms with Crippen molar-refractivity contribution in [2.24, 2.45) is 5.10 Å². The highest BCUT2D eigenvalue weighted by Crippen LogP contribution is 2.20. The third-order valence-electron chi connectivity index (χ3n) is 4.47. The van der Waals surface area contributed by atoms with Gasteiger partial charge in [-0.05, 0) is 42.7 Å². The summed E-state index contributed by atoms with van der Waals surface area (Å²) >= 11 is 0. The van der Waals surface area contributed by atoms with Crippen molar-refractivity contribution in [3.05, 3.63) is 54.1 Å². The Labute approximate surface area is 160 Å². The van der Waals surface area contributed by atoms with E-state index in [9.17, 15) is 4.79 Å². The van der Waals surface area contributed by atoms with Crippen LogP contribution in [0.2, 0.25) is 0 Å². The van der Waals surface area contributed by atoms with E-state index in [1.165, 1.54) is 18.5 Å². The Balaban J connectivity index is 1.45. The lowest BCUT2D eigenvalue weighted by Crippen LogP contribution is -2.24. The smallest absolute Gasteiger partial charge is 0.277 e. The Morgan fingerprint density at radius 3 is 2.63 bits per heavy atom. The molecule has 0 radical (unpaired) electrons. The number of anilines is 2. The summed E-state index contributed by atoms with van der Waals surface area (Å²) in [6.45, 7) is 2.17. The van der Waals surface area contributed by atoms with Gasteiger partial charge < -0.3 is 14.5 Å². The van der Waals surface area contributed by atoms with Crippen LogP contribution in [0, 0.1) is 0 Å². The molecule has 0 saturated carbocycles. The number of amides is 1. The predicted molar refractivity (Wildman–Crippen MR) is 110 cm³/mol. The van der Waals surface area contributed by atoms with Crippen molar-refractivity contribution in [3.8, 4) is 5.75 Å². The van der Waals surface area contributed by atoms with E-state index < -0.39 is 0 Å². The van der Waals surface area contributed by atoms with Gasteiger partial charge in [0.25, 0.3) is 5.91 Å². The summed E-state index contributed by atoms with van der Waals surface area (Å²) in [4.78, 5) is 16.2. The summed E-state index contributed by atoms with van der Waals surface area (Å²) in [6, 6.07) is 15.8. The fourth-order valence-electron chi connectivity index (χ4n) is 2.96. The van der Waals surface area contributed by atoms with Gasteiger partial charge in [-0.3, -0.25) is 4.79 Å². The van der Waals surface area contributed by atoms with Crippen LogP contribution in [0.1, 0.15) is 18.4 Å². The van der Waals surface area contributed by atoms with Crippen molar-refractivity contribution in [1.82, 2.24) is 5.43 Å². The molecule has 1 fully saturated rings. The highest BCUT2D eigenvalue weighted by Gasteiger charge is 2.11. The van der Waals surface area contributed by atoms with Crippen LogP contribution in [0.15, 0.2) is 53.6 Å². The molecule has 1 saturated heterocycles. The molecular weight excluding hydrogens is 340 g/mol. The van der Waals surface area contributed by atoms with Crippen molar-refractivity contribution in [3.63, 3.8) is 0 Å². The number of rotatable bonds is 7. The molecule has 27 heavy (non-hydrogen) atoms. The van der Waals surface area contributed by atoms with Crippen LogP contribution in [0.3, 0.4) is 0 Å². The lowest BCUT2D eigenvalue weighted by Gasteiger charge is -2.17. The molecule has 3 rings (SSSR count). The Bertz CT molecular complexity index is 781. The Morgan fingerprint density at radius 2 is 1.93 bits per heavy atom. The maximum Gasteiger partial charge on any atom is 0.277 e. The molecule has 0 unspecified atom stereocenters. The van der Waals surface area contributed by atoms with Gasteiger partial charge in [-0.2, -0.15) is 5.10 Å². The number of nitrogens with one attached hydrogen (secondary N) is 1. The molecule has 2 aromatic rings. The number of benzene rings is 2. The Hall–Kier alpha value is -3.02. The topological polar surface area (TPSA) is 57.2 Å². The van der Waals surface area contributed by atoms with Crippen LogP contribution in [-0.2, 0) is 4.79 Å². The first-order valence-corrected chi connectivity index (χ1v) is 9.19. The molecule has 6 heteroatoms. The third kappa shape index (κ3) is 5.48. The van der Waals surface area contributed by atoms with E-state index in [0.717, 1.165) is 24.3 Å². The Morgan fingerprint density at radius 1 is 1.19 bits per heavy atom. The standard InChI is InChI=1S/C21H26N4O2/c1-24(2)19-6-5-7-20(14-19)27-16-21(26)23-22-15-17-8-10-18(11-9-17)25-12-3-4-13-25/h5-11,14-15H,3-4,12-13,16H2,1-2H3,(H,23,26)/b22-15+. The van der Waals surface area contributed by atoms with Crippen LogP contribution in [0.4, 0.5) is 11.4 Å². The minimum absolute atomic E-state index is 0.0812. The number of carbonyl (C=O) groups is 1. The fraction of sp³-hybridized carbons (Fsp3) is 0.333. The quantitative estimate of drug-likeness (QED) is 0.605. The van der Waals surface area contributed by atoms with Gasteiger partial charge in [0.1, 0.15) is 5.75 Å². The van der Waals surface area contributed by atoms with Crippen molar-refractivity contribution < 1.29 is 9.53 Å². The van der Waals surface area contributed by atoms with Gasteiger partial charge in [0.15, 0.2) is 6.61 Å². The van der Waals surface area contributed by atoms with Gasteiger partial charge in [0.05, 0.1) is 6.21 Å². The molecule has 1 amide bonds. The van der Waals surface area contributed by atoms with E-state index in [0.29, 0.717) is 5.75 Å². The van der Waals surface area contributed by atoms with Crippen LogP contribution in [0.25, 0.3) is 0 Å². The van der Waals surface area contributed by atoms with E-state index in [2.05, 4.69) is 27.6 Å². The molecule has 0 aliphatic carbocycles. The van der Waals surface area contributed by atoms with Gasteiger partial charge in [-0.1, -0.05) is 18.2 Å². The second kappa shape index (κ2) is 9.07. The maximum absolute atomic E-state index is 11.9. The zero-order chi connectivity index (χ0) is 19.1. The Kier molecular flexibility index (Phi) is 6.30. The van der Waals surface area contributed by atoms with Gasteiger partial charge in [-0.25, -0.2) is 5.43 Å². The average Bonchev–Trinajstić information content (AvgIpc) is 3.22. The first-order valence-electron chi connectivity index (χ1n) is 9.19. The van der Waals surface area contributed by atoms with Crippen molar-refractivity contribution in [2.45, 2.75) is 12.8 Å². The molecule has 0 bridgehead atoms. The summed E-state index contributed by atoms with van der Waals surface area (Å²) in [6.07, 6.45) is 4.16. The maximum atomic E-state index is 11.9. The van der Waals surface area contributed by atoms with Crippen LogP contribution in [-0.4, -0.2) is 45.9 Å². The first kappa shape index (κ1) is 18.8. The predicted octanol–water partition coefficient (Wildman–Crippen LogP) is 2.88. The first-order chi connectivity index (χ1) is 13.1. The van der Waals surface area contributed by atoms with Crippen LogP contribution in [0.5, 0.6) is 5.75 Å². The number of hydrogen-bond acceptors (Lipinski definition) is 5. The van der Waals surface area contributed by atoms with Crippen molar-refractivity contribution >= 4 is 23.5 Å². The van der Waals surface area contributed by atoms with Crippen LogP contribution >= 0.6 is 0 Å². The van der Waals surface area contributed by atoms with Gasteiger partial charge in [0.2, 0.25) is 0 Å². The molecule has 2 aromatic carbocycles. The SMILES string of the molecule is CN(C)c1cccc(OCC(=O)N/N=C/c2ccc(N3CCCC3)cc2)c1. The molecule has 0 atom stereocenters. The summed E-state index contributed by atoms with van der Waals surface area (Å²) in [5.41, 5.74) is 5.69. The number of hydrazone groups is 1. The molecule has 1 heterocycles. The zero-order valence-electron chi connectivity index (χ0n) is 15.9. The van der Waals surface area contributed by atoms with E-state index >= 15 is 0 Å². The average molecular weight is 366 g/mol. The van der Waals surface area contributed by atoms with E-state index in [1.807, 2.05) is 55.4 Å². The van der Waals surface area contributed by atoms with Gasteiger partial charge in [-0.15, -0.1) is 0 Å². The lowest BCUT2D eigenvalue weighted by molar-refractivity contribution is -0.123. The van der Waals surface area contributed by atoms with E-state index in [1.54, 1.807) is 6.21 Å². The number of ether oxygens (including phenoxy) is 1. The van der Waals surface area contributed by atoms with Crippen LogP contribution < -0.4 is 20.0 Å². The molecule has 142 valence electrons. The number of hydrogen-bond donors (Lipinski definition) is 1. The number of carbonyl (C=O) groups excluding carboxylic acids is 1. The second-order valence-corrected chi connectivity index (χ2v) is 6.76. The molecule has 1 aliphatic rings. The highest BCUT2D eigenvalue weighted by molar-refractivity contribution is 5.83. The minimum atomic E-state index is -0.296. The molecule has 1 aliphatic heterocycles. The summed E-state index contributed by atoms with van der Waals surface area (Å²) in [7, 11) is 3.91. The lowest BCUT2D eigenvalue weighted by atomic mass is 10.2. The largest absolute Gasteiger partial charge is 0.484 e. The minimum Gasteiger partial charge on any atom is -0.484 e. The monoisotopic (exact) mass is 366 g/mol. The highest BCUT2D eigenvalue weighted by atomic mass is 16.5.